The molecule has 0 aromatic heterocycles. The van der Waals surface area contributed by atoms with E-state index in [9.17, 15) is 9.90 Å². The lowest BCUT2D eigenvalue weighted by molar-refractivity contribution is 0.0166. The van der Waals surface area contributed by atoms with Crippen LogP contribution in [0.15, 0.2) is 24.3 Å². The van der Waals surface area contributed by atoms with Crippen LogP contribution in [0.1, 0.15) is 26.3 Å². The minimum Gasteiger partial charge on any atom is -0.388 e. The van der Waals surface area contributed by atoms with E-state index in [1.165, 1.54) is 5.56 Å². The smallest absolute Gasteiger partial charge is 0.314 e. The van der Waals surface area contributed by atoms with Gasteiger partial charge in [0, 0.05) is 32.9 Å². The van der Waals surface area contributed by atoms with Gasteiger partial charge in [-0.1, -0.05) is 26.0 Å². The van der Waals surface area contributed by atoms with Crippen LogP contribution in [0.25, 0.3) is 0 Å². The van der Waals surface area contributed by atoms with Gasteiger partial charge >= 0.3 is 6.03 Å². The molecule has 0 heterocycles. The number of carbonyl (C=O) groups is 1. The molecule has 3 N–H and O–H groups in total. The van der Waals surface area contributed by atoms with Gasteiger partial charge in [-0.15, -0.1) is 0 Å². The number of benzene rings is 1. The highest BCUT2D eigenvalue weighted by Crippen LogP contribution is 2.14. The van der Waals surface area contributed by atoms with Gasteiger partial charge in [0.25, 0.3) is 0 Å². The summed E-state index contributed by atoms with van der Waals surface area (Å²) in [6, 6.07) is 8.02. The van der Waals surface area contributed by atoms with Crippen molar-refractivity contribution in [3.8, 4) is 0 Å². The number of nitrogens with one attached hydrogen (secondary N) is 2. The lowest BCUT2D eigenvalue weighted by Gasteiger charge is -2.27. The molecule has 124 valence electrons. The zero-order valence-corrected chi connectivity index (χ0v) is 14.3. The van der Waals surface area contributed by atoms with E-state index in [0.29, 0.717) is 6.54 Å². The third-order valence-corrected chi connectivity index (χ3v) is 4.00. The molecule has 0 aliphatic rings. The van der Waals surface area contributed by atoms with Gasteiger partial charge in [0.2, 0.25) is 0 Å². The minimum atomic E-state index is -0.890. The summed E-state index contributed by atoms with van der Waals surface area (Å²) in [6.45, 7) is 6.39. The Labute approximate surface area is 133 Å². The maximum absolute atomic E-state index is 11.7. The molecule has 1 aromatic carbocycles. The van der Waals surface area contributed by atoms with Crippen LogP contribution < -0.4 is 15.5 Å². The Hall–Kier alpha value is -1.75. The van der Waals surface area contributed by atoms with E-state index in [2.05, 4.69) is 39.8 Å². The Morgan fingerprint density at radius 2 is 1.82 bits per heavy atom. The van der Waals surface area contributed by atoms with Crippen molar-refractivity contribution in [3.05, 3.63) is 29.8 Å². The molecule has 2 amide bonds. The number of hydrogen-bond acceptors (Lipinski definition) is 3. The van der Waals surface area contributed by atoms with Crippen LogP contribution >= 0.6 is 0 Å². The van der Waals surface area contributed by atoms with E-state index in [1.54, 1.807) is 6.92 Å². The van der Waals surface area contributed by atoms with Crippen molar-refractivity contribution in [1.82, 2.24) is 10.6 Å². The zero-order chi connectivity index (χ0) is 16.8. The topological polar surface area (TPSA) is 64.6 Å². The Kier molecular flexibility index (Phi) is 6.68. The highest BCUT2D eigenvalue weighted by molar-refractivity contribution is 5.73. The van der Waals surface area contributed by atoms with E-state index >= 15 is 0 Å². The molecule has 0 saturated heterocycles. The van der Waals surface area contributed by atoms with Crippen LogP contribution in [0, 0.1) is 5.92 Å². The van der Waals surface area contributed by atoms with Gasteiger partial charge in [0.1, 0.15) is 0 Å². The minimum absolute atomic E-state index is 0.0861. The first kappa shape index (κ1) is 18.3. The summed E-state index contributed by atoms with van der Waals surface area (Å²) in [5, 5.41) is 15.6. The fourth-order valence-electron chi connectivity index (χ4n) is 1.81. The third-order valence-electron chi connectivity index (χ3n) is 4.00. The molecular formula is C17H29N3O2. The summed E-state index contributed by atoms with van der Waals surface area (Å²) >= 11 is 0. The van der Waals surface area contributed by atoms with Crippen molar-refractivity contribution in [3.63, 3.8) is 0 Å². The van der Waals surface area contributed by atoms with Crippen molar-refractivity contribution in [2.75, 3.05) is 32.1 Å². The molecule has 0 saturated carbocycles. The number of carbonyl (C=O) groups excluding carboxylic acids is 1. The molecule has 1 aromatic rings. The summed E-state index contributed by atoms with van der Waals surface area (Å²) in [6.07, 6.45) is 0.779. The summed E-state index contributed by atoms with van der Waals surface area (Å²) in [5.74, 6) is 0.0861. The number of anilines is 1. The highest BCUT2D eigenvalue weighted by Gasteiger charge is 2.25. The van der Waals surface area contributed by atoms with Crippen molar-refractivity contribution in [2.45, 2.75) is 32.8 Å². The summed E-state index contributed by atoms with van der Waals surface area (Å²) < 4.78 is 0. The second-order valence-corrected chi connectivity index (χ2v) is 6.43. The van der Waals surface area contributed by atoms with Crippen molar-refractivity contribution >= 4 is 11.7 Å². The lowest BCUT2D eigenvalue weighted by atomic mass is 9.93. The Bertz CT molecular complexity index is 467. The standard InChI is InChI=1S/C17H29N3O2/c1-13(2)17(3,22)12-19-16(21)18-11-10-14-6-8-15(9-7-14)20(4)5/h6-9,13,22H,10-12H2,1-5H3,(H2,18,19,21). The Morgan fingerprint density at radius 3 is 2.32 bits per heavy atom. The predicted octanol–water partition coefficient (Wildman–Crippen LogP) is 2.00. The zero-order valence-electron chi connectivity index (χ0n) is 14.3. The van der Waals surface area contributed by atoms with Gasteiger partial charge in [0.05, 0.1) is 5.60 Å². The van der Waals surface area contributed by atoms with Crippen LogP contribution in [-0.4, -0.2) is 43.9 Å². The third kappa shape index (κ3) is 5.93. The van der Waals surface area contributed by atoms with Gasteiger partial charge in [-0.2, -0.15) is 0 Å². The summed E-state index contributed by atoms with van der Waals surface area (Å²) in [5.41, 5.74) is 1.45. The van der Waals surface area contributed by atoms with Crippen LogP contribution in [0.3, 0.4) is 0 Å². The molecule has 0 spiro atoms. The molecule has 1 atom stereocenters. The largest absolute Gasteiger partial charge is 0.388 e. The first-order valence-electron chi connectivity index (χ1n) is 7.72. The lowest BCUT2D eigenvalue weighted by Crippen LogP contribution is -2.47. The van der Waals surface area contributed by atoms with Crippen LogP contribution in [0.5, 0.6) is 0 Å². The molecule has 5 heteroatoms. The SMILES string of the molecule is CC(C)C(C)(O)CNC(=O)NCCc1ccc(N(C)C)cc1. The van der Waals surface area contributed by atoms with Gasteiger partial charge in [-0.3, -0.25) is 0 Å². The first-order chi connectivity index (χ1) is 10.2. The second-order valence-electron chi connectivity index (χ2n) is 6.43. The summed E-state index contributed by atoms with van der Waals surface area (Å²) in [4.78, 5) is 13.8. The van der Waals surface area contributed by atoms with Gasteiger partial charge < -0.3 is 20.6 Å². The number of amides is 2. The van der Waals surface area contributed by atoms with Crippen LogP contribution in [0.4, 0.5) is 10.5 Å². The predicted molar refractivity (Wildman–Crippen MR) is 91.3 cm³/mol. The second kappa shape index (κ2) is 8.03. The molecule has 22 heavy (non-hydrogen) atoms. The Morgan fingerprint density at radius 1 is 1.23 bits per heavy atom. The fraction of sp³-hybridized carbons (Fsp3) is 0.588. The number of urea groups is 1. The molecule has 1 unspecified atom stereocenters. The van der Waals surface area contributed by atoms with Crippen molar-refractivity contribution in [2.24, 2.45) is 5.92 Å². The molecule has 0 fully saturated rings. The fourth-order valence-corrected chi connectivity index (χ4v) is 1.81. The first-order valence-corrected chi connectivity index (χ1v) is 7.72. The molecule has 0 aliphatic carbocycles. The van der Waals surface area contributed by atoms with Crippen LogP contribution in [-0.2, 0) is 6.42 Å². The van der Waals surface area contributed by atoms with Gasteiger partial charge in [-0.05, 0) is 37.0 Å². The van der Waals surface area contributed by atoms with Crippen molar-refractivity contribution in [1.29, 1.82) is 0 Å². The number of nitrogens with zero attached hydrogens (tertiary/aromatic N) is 1. The maximum Gasteiger partial charge on any atom is 0.314 e. The molecule has 0 radical (unpaired) electrons. The molecule has 0 aliphatic heterocycles. The normalized spacial score (nSPS) is 13.6. The number of hydrogen-bond donors (Lipinski definition) is 3. The molecular weight excluding hydrogens is 278 g/mol. The van der Waals surface area contributed by atoms with Gasteiger partial charge in [-0.25, -0.2) is 4.79 Å². The van der Waals surface area contributed by atoms with E-state index < -0.39 is 5.60 Å². The molecule has 5 nitrogen and oxygen atoms in total. The van der Waals surface area contributed by atoms with Gasteiger partial charge in [0.15, 0.2) is 0 Å². The van der Waals surface area contributed by atoms with Crippen LogP contribution in [0.2, 0.25) is 0 Å². The maximum atomic E-state index is 11.7. The number of rotatable bonds is 7. The Balaban J connectivity index is 2.30. The highest BCUT2D eigenvalue weighted by atomic mass is 16.3. The van der Waals surface area contributed by atoms with Crippen molar-refractivity contribution < 1.29 is 9.90 Å². The average molecular weight is 307 g/mol. The molecule has 1 rings (SSSR count). The number of aliphatic hydroxyl groups is 1. The van der Waals surface area contributed by atoms with E-state index in [4.69, 9.17) is 0 Å². The molecule has 0 bridgehead atoms. The van der Waals surface area contributed by atoms with E-state index in [0.717, 1.165) is 12.1 Å². The monoisotopic (exact) mass is 307 g/mol. The summed E-state index contributed by atoms with van der Waals surface area (Å²) in [7, 11) is 4.01. The van der Waals surface area contributed by atoms with E-state index in [1.807, 2.05) is 27.9 Å². The average Bonchev–Trinajstić information content (AvgIpc) is 2.45. The quantitative estimate of drug-likeness (QED) is 0.722. The van der Waals surface area contributed by atoms with E-state index in [-0.39, 0.29) is 18.5 Å².